The van der Waals surface area contributed by atoms with E-state index in [9.17, 15) is 0 Å². The lowest BCUT2D eigenvalue weighted by Crippen LogP contribution is -2.32. The Kier molecular flexibility index (Phi) is 3.19. The standard InChI is InChI=1S/C11H19N3/c1-2-11(10-3-4-10)13-6-8-14-7-5-12-9-14/h5,7,9-11,13H,2-4,6,8H2,1H3. The molecule has 1 unspecified atom stereocenters. The summed E-state index contributed by atoms with van der Waals surface area (Å²) in [5.41, 5.74) is 0. The summed E-state index contributed by atoms with van der Waals surface area (Å²) in [6.45, 7) is 4.36. The monoisotopic (exact) mass is 193 g/mol. The lowest BCUT2D eigenvalue weighted by molar-refractivity contribution is 0.436. The maximum Gasteiger partial charge on any atom is 0.0946 e. The molecule has 78 valence electrons. The Morgan fingerprint density at radius 1 is 1.57 bits per heavy atom. The largest absolute Gasteiger partial charge is 0.336 e. The summed E-state index contributed by atoms with van der Waals surface area (Å²) in [6, 6.07) is 0.749. The Balaban J connectivity index is 1.66. The van der Waals surface area contributed by atoms with Gasteiger partial charge in [0.05, 0.1) is 6.33 Å². The first-order valence-corrected chi connectivity index (χ1v) is 5.59. The first-order valence-electron chi connectivity index (χ1n) is 5.59. The van der Waals surface area contributed by atoms with Crippen molar-refractivity contribution in [3.63, 3.8) is 0 Å². The fraction of sp³-hybridized carbons (Fsp3) is 0.727. The van der Waals surface area contributed by atoms with Crippen LogP contribution in [0.25, 0.3) is 0 Å². The van der Waals surface area contributed by atoms with E-state index in [1.165, 1.54) is 19.3 Å². The van der Waals surface area contributed by atoms with Gasteiger partial charge >= 0.3 is 0 Å². The van der Waals surface area contributed by atoms with E-state index < -0.39 is 0 Å². The molecular weight excluding hydrogens is 174 g/mol. The number of nitrogens with one attached hydrogen (secondary N) is 1. The van der Waals surface area contributed by atoms with Crippen LogP contribution in [0.1, 0.15) is 26.2 Å². The molecule has 1 saturated carbocycles. The van der Waals surface area contributed by atoms with Crippen molar-refractivity contribution in [1.29, 1.82) is 0 Å². The van der Waals surface area contributed by atoms with E-state index in [0.717, 1.165) is 25.0 Å². The molecule has 0 amide bonds. The molecule has 0 spiro atoms. The summed E-state index contributed by atoms with van der Waals surface area (Å²) in [5, 5.41) is 3.62. The van der Waals surface area contributed by atoms with Crippen LogP contribution in [-0.4, -0.2) is 22.1 Å². The van der Waals surface area contributed by atoms with Crippen molar-refractivity contribution in [2.75, 3.05) is 6.54 Å². The van der Waals surface area contributed by atoms with Crippen molar-refractivity contribution < 1.29 is 0 Å². The van der Waals surface area contributed by atoms with Crippen LogP contribution in [0.3, 0.4) is 0 Å². The zero-order valence-corrected chi connectivity index (χ0v) is 8.82. The second-order valence-electron chi connectivity index (χ2n) is 4.11. The van der Waals surface area contributed by atoms with Crippen LogP contribution < -0.4 is 5.32 Å². The second-order valence-corrected chi connectivity index (χ2v) is 4.11. The van der Waals surface area contributed by atoms with Gasteiger partial charge in [0.1, 0.15) is 0 Å². The Morgan fingerprint density at radius 2 is 2.43 bits per heavy atom. The average Bonchev–Trinajstić information content (AvgIpc) is 2.91. The Bertz CT molecular complexity index is 252. The van der Waals surface area contributed by atoms with Crippen LogP contribution in [0.4, 0.5) is 0 Å². The summed E-state index contributed by atoms with van der Waals surface area (Å²) in [4.78, 5) is 4.02. The van der Waals surface area contributed by atoms with Crippen molar-refractivity contribution in [2.45, 2.75) is 38.8 Å². The van der Waals surface area contributed by atoms with Gasteiger partial charge in [-0.2, -0.15) is 0 Å². The van der Waals surface area contributed by atoms with Gasteiger partial charge in [0.15, 0.2) is 0 Å². The van der Waals surface area contributed by atoms with Gasteiger partial charge in [0.25, 0.3) is 0 Å². The van der Waals surface area contributed by atoms with Crippen molar-refractivity contribution in [3.8, 4) is 0 Å². The van der Waals surface area contributed by atoms with Crippen LogP contribution in [-0.2, 0) is 6.54 Å². The van der Waals surface area contributed by atoms with E-state index in [-0.39, 0.29) is 0 Å². The van der Waals surface area contributed by atoms with Gasteiger partial charge in [-0.25, -0.2) is 4.98 Å². The maximum absolute atomic E-state index is 4.02. The third kappa shape index (κ3) is 2.58. The van der Waals surface area contributed by atoms with E-state index in [2.05, 4.69) is 21.8 Å². The van der Waals surface area contributed by atoms with Gasteiger partial charge in [-0.3, -0.25) is 0 Å². The molecule has 0 radical (unpaired) electrons. The van der Waals surface area contributed by atoms with Crippen molar-refractivity contribution in [1.82, 2.24) is 14.9 Å². The smallest absolute Gasteiger partial charge is 0.0946 e. The number of hydrogen-bond donors (Lipinski definition) is 1. The second kappa shape index (κ2) is 4.60. The lowest BCUT2D eigenvalue weighted by Gasteiger charge is -2.15. The van der Waals surface area contributed by atoms with Crippen LogP contribution >= 0.6 is 0 Å². The molecule has 3 heteroatoms. The van der Waals surface area contributed by atoms with Gasteiger partial charge in [-0.15, -0.1) is 0 Å². The van der Waals surface area contributed by atoms with Gasteiger partial charge in [0, 0.05) is 31.5 Å². The first-order chi connectivity index (χ1) is 6.90. The van der Waals surface area contributed by atoms with E-state index in [1.807, 2.05) is 18.7 Å². The Morgan fingerprint density at radius 3 is 3.00 bits per heavy atom. The third-order valence-electron chi connectivity index (χ3n) is 2.97. The molecule has 0 saturated heterocycles. The highest BCUT2D eigenvalue weighted by atomic mass is 15.0. The zero-order chi connectivity index (χ0) is 9.80. The van der Waals surface area contributed by atoms with Crippen LogP contribution in [0.15, 0.2) is 18.7 Å². The van der Waals surface area contributed by atoms with Crippen LogP contribution in [0.5, 0.6) is 0 Å². The molecule has 0 aliphatic heterocycles. The van der Waals surface area contributed by atoms with E-state index in [4.69, 9.17) is 0 Å². The van der Waals surface area contributed by atoms with Gasteiger partial charge in [-0.05, 0) is 25.2 Å². The quantitative estimate of drug-likeness (QED) is 0.744. The summed E-state index contributed by atoms with van der Waals surface area (Å²) >= 11 is 0. The molecule has 1 fully saturated rings. The minimum Gasteiger partial charge on any atom is -0.336 e. The van der Waals surface area contributed by atoms with E-state index in [1.54, 1.807) is 0 Å². The molecule has 14 heavy (non-hydrogen) atoms. The predicted octanol–water partition coefficient (Wildman–Crippen LogP) is 1.66. The minimum absolute atomic E-state index is 0.749. The molecule has 1 N–H and O–H groups in total. The fourth-order valence-corrected chi connectivity index (χ4v) is 1.94. The summed E-state index contributed by atoms with van der Waals surface area (Å²) in [6.07, 6.45) is 9.83. The SMILES string of the molecule is CCC(NCCn1ccnc1)C1CC1. The highest BCUT2D eigenvalue weighted by Gasteiger charge is 2.29. The zero-order valence-electron chi connectivity index (χ0n) is 8.82. The average molecular weight is 193 g/mol. The normalized spacial score (nSPS) is 18.4. The summed E-state index contributed by atoms with van der Waals surface area (Å²) < 4.78 is 2.12. The fourth-order valence-electron chi connectivity index (χ4n) is 1.94. The van der Waals surface area contributed by atoms with Crippen molar-refractivity contribution >= 4 is 0 Å². The summed E-state index contributed by atoms with van der Waals surface area (Å²) in [7, 11) is 0. The number of rotatable bonds is 6. The molecule has 1 aliphatic rings. The molecular formula is C11H19N3. The molecule has 1 atom stereocenters. The number of imidazole rings is 1. The molecule has 3 nitrogen and oxygen atoms in total. The summed E-state index contributed by atoms with van der Waals surface area (Å²) in [5.74, 6) is 0.961. The Labute approximate surface area is 85.5 Å². The molecule has 0 aromatic carbocycles. The highest BCUT2D eigenvalue weighted by Crippen LogP contribution is 2.33. The van der Waals surface area contributed by atoms with E-state index in [0.29, 0.717) is 0 Å². The minimum atomic E-state index is 0.749. The van der Waals surface area contributed by atoms with Gasteiger partial charge < -0.3 is 9.88 Å². The molecule has 1 heterocycles. The number of hydrogen-bond acceptors (Lipinski definition) is 2. The number of nitrogens with zero attached hydrogens (tertiary/aromatic N) is 2. The molecule has 1 aromatic heterocycles. The van der Waals surface area contributed by atoms with Gasteiger partial charge in [0.2, 0.25) is 0 Å². The predicted molar refractivity (Wildman–Crippen MR) is 57.0 cm³/mol. The molecule has 1 aliphatic carbocycles. The van der Waals surface area contributed by atoms with Crippen molar-refractivity contribution in [2.24, 2.45) is 5.92 Å². The van der Waals surface area contributed by atoms with Gasteiger partial charge in [-0.1, -0.05) is 6.92 Å². The van der Waals surface area contributed by atoms with Crippen molar-refractivity contribution in [3.05, 3.63) is 18.7 Å². The first kappa shape index (κ1) is 9.71. The third-order valence-corrected chi connectivity index (χ3v) is 2.97. The maximum atomic E-state index is 4.02. The molecule has 0 bridgehead atoms. The number of aromatic nitrogens is 2. The molecule has 1 aromatic rings. The molecule has 2 rings (SSSR count). The van der Waals surface area contributed by atoms with Crippen LogP contribution in [0, 0.1) is 5.92 Å². The highest BCUT2D eigenvalue weighted by molar-refractivity contribution is 4.85. The topological polar surface area (TPSA) is 29.9 Å². The Hall–Kier alpha value is -0.830. The lowest BCUT2D eigenvalue weighted by atomic mass is 10.1. The van der Waals surface area contributed by atoms with E-state index >= 15 is 0 Å². The van der Waals surface area contributed by atoms with Crippen LogP contribution in [0.2, 0.25) is 0 Å².